The molecule has 0 bridgehead atoms. The van der Waals surface area contributed by atoms with Gasteiger partial charge in [-0.15, -0.1) is 0 Å². The summed E-state index contributed by atoms with van der Waals surface area (Å²) < 4.78 is 20.5. The van der Waals surface area contributed by atoms with Gasteiger partial charge in [-0.3, -0.25) is 4.79 Å². The van der Waals surface area contributed by atoms with E-state index in [1.54, 1.807) is 12.1 Å². The minimum absolute atomic E-state index is 0.150. The summed E-state index contributed by atoms with van der Waals surface area (Å²) in [7, 11) is 0. The topological polar surface area (TPSA) is 59.7 Å². The van der Waals surface area contributed by atoms with Gasteiger partial charge in [0.15, 0.2) is 5.65 Å². The van der Waals surface area contributed by atoms with Crippen LogP contribution in [0.2, 0.25) is 0 Å². The average Bonchev–Trinajstić information content (AvgIpc) is 3.29. The van der Waals surface area contributed by atoms with Crippen LogP contribution in [0.4, 0.5) is 10.2 Å². The Morgan fingerprint density at radius 1 is 1.06 bits per heavy atom. The van der Waals surface area contributed by atoms with Gasteiger partial charge in [-0.05, 0) is 44.0 Å². The lowest BCUT2D eigenvalue weighted by Gasteiger charge is -2.33. The van der Waals surface area contributed by atoms with Crippen molar-refractivity contribution >= 4 is 17.4 Å². The van der Waals surface area contributed by atoms with Crippen LogP contribution in [0, 0.1) is 11.7 Å². The van der Waals surface area contributed by atoms with Crippen molar-refractivity contribution in [2.24, 2.45) is 5.92 Å². The molecule has 168 valence electrons. The quantitative estimate of drug-likeness (QED) is 0.406. The summed E-state index contributed by atoms with van der Waals surface area (Å²) in [5, 5.41) is 4.80. The summed E-state index contributed by atoms with van der Waals surface area (Å²) in [5.74, 6) is 0.268. The number of carbonyl (C=O) groups excluding carboxylic acids is 1. The van der Waals surface area contributed by atoms with Crippen molar-refractivity contribution in [3.05, 3.63) is 72.5 Å². The first kappa shape index (κ1) is 21.1. The third kappa shape index (κ3) is 4.31. The highest BCUT2D eigenvalue weighted by Gasteiger charge is 2.29. The summed E-state index contributed by atoms with van der Waals surface area (Å²) in [6.07, 6.45) is 1.70. The van der Waals surface area contributed by atoms with E-state index in [1.165, 1.54) is 12.1 Å². The first-order valence-electron chi connectivity index (χ1n) is 11.3. The molecule has 0 radical (unpaired) electrons. The summed E-state index contributed by atoms with van der Waals surface area (Å²) in [4.78, 5) is 19.5. The van der Waals surface area contributed by atoms with Gasteiger partial charge in [-0.2, -0.15) is 9.61 Å². The minimum atomic E-state index is -0.286. The van der Waals surface area contributed by atoms with Crippen LogP contribution in [-0.2, 0) is 9.53 Å². The number of aromatic nitrogens is 3. The summed E-state index contributed by atoms with van der Waals surface area (Å²) >= 11 is 0. The van der Waals surface area contributed by atoms with Gasteiger partial charge in [-0.25, -0.2) is 9.37 Å². The van der Waals surface area contributed by atoms with Crippen molar-refractivity contribution in [2.45, 2.75) is 19.8 Å². The maximum Gasteiger partial charge on any atom is 0.310 e. The molecule has 0 saturated carbocycles. The molecule has 0 N–H and O–H groups in total. The maximum absolute atomic E-state index is 13.4. The Morgan fingerprint density at radius 3 is 2.58 bits per heavy atom. The van der Waals surface area contributed by atoms with Crippen LogP contribution in [0.3, 0.4) is 0 Å². The lowest BCUT2D eigenvalue weighted by Crippen LogP contribution is -2.40. The van der Waals surface area contributed by atoms with Gasteiger partial charge in [0.2, 0.25) is 0 Å². The lowest BCUT2D eigenvalue weighted by molar-refractivity contribution is -0.148. The van der Waals surface area contributed by atoms with E-state index in [0.29, 0.717) is 24.5 Å². The van der Waals surface area contributed by atoms with Crippen molar-refractivity contribution < 1.29 is 13.9 Å². The van der Waals surface area contributed by atoms with Crippen LogP contribution in [0.25, 0.3) is 28.2 Å². The molecule has 1 aliphatic heterocycles. The monoisotopic (exact) mass is 444 g/mol. The highest BCUT2D eigenvalue weighted by atomic mass is 19.1. The highest BCUT2D eigenvalue weighted by Crippen LogP contribution is 2.30. The molecule has 1 atom stereocenters. The largest absolute Gasteiger partial charge is 0.466 e. The first-order valence-corrected chi connectivity index (χ1v) is 11.3. The van der Waals surface area contributed by atoms with Crippen molar-refractivity contribution in [1.82, 2.24) is 14.6 Å². The molecule has 0 aliphatic carbocycles. The Bertz CT molecular complexity index is 1270. The number of piperidine rings is 1. The number of benzene rings is 2. The van der Waals surface area contributed by atoms with E-state index in [2.05, 4.69) is 4.90 Å². The van der Waals surface area contributed by atoms with Crippen molar-refractivity contribution in [3.63, 3.8) is 0 Å². The molecule has 0 unspecified atom stereocenters. The number of ether oxygens (including phenoxy) is 1. The Hall–Kier alpha value is -3.74. The molecule has 2 aromatic heterocycles. The second kappa shape index (κ2) is 9.02. The van der Waals surface area contributed by atoms with E-state index in [-0.39, 0.29) is 17.7 Å². The zero-order chi connectivity index (χ0) is 22.8. The Kier molecular flexibility index (Phi) is 5.77. The predicted molar refractivity (Wildman–Crippen MR) is 125 cm³/mol. The number of esters is 1. The fourth-order valence-corrected chi connectivity index (χ4v) is 4.34. The lowest BCUT2D eigenvalue weighted by atomic mass is 9.98. The Balaban J connectivity index is 1.60. The van der Waals surface area contributed by atoms with Crippen LogP contribution in [0.1, 0.15) is 19.8 Å². The molecule has 3 heterocycles. The van der Waals surface area contributed by atoms with Crippen LogP contribution in [0.5, 0.6) is 0 Å². The summed E-state index contributed by atoms with van der Waals surface area (Å²) in [5.41, 5.74) is 4.07. The van der Waals surface area contributed by atoms with Crippen LogP contribution < -0.4 is 4.90 Å². The van der Waals surface area contributed by atoms with E-state index >= 15 is 0 Å². The number of halogens is 1. The molecule has 2 aromatic carbocycles. The molecular formula is C26H25FN4O2. The van der Waals surface area contributed by atoms with Gasteiger partial charge in [0.25, 0.3) is 0 Å². The molecule has 0 amide bonds. The van der Waals surface area contributed by atoms with Gasteiger partial charge < -0.3 is 9.64 Å². The zero-order valence-corrected chi connectivity index (χ0v) is 18.4. The molecular weight excluding hydrogens is 419 g/mol. The minimum Gasteiger partial charge on any atom is -0.466 e. The molecule has 7 heteroatoms. The second-order valence-corrected chi connectivity index (χ2v) is 8.21. The fourth-order valence-electron chi connectivity index (χ4n) is 4.34. The van der Waals surface area contributed by atoms with Gasteiger partial charge in [0.05, 0.1) is 23.9 Å². The van der Waals surface area contributed by atoms with Gasteiger partial charge in [0.1, 0.15) is 11.6 Å². The average molecular weight is 445 g/mol. The Labute approximate surface area is 191 Å². The van der Waals surface area contributed by atoms with E-state index < -0.39 is 0 Å². The molecule has 1 saturated heterocycles. The number of nitrogens with zero attached hydrogens (tertiary/aromatic N) is 4. The van der Waals surface area contributed by atoms with Gasteiger partial charge in [-0.1, -0.05) is 30.3 Å². The SMILES string of the molecule is CCOC(=O)[C@H]1CCCN(c2cc(-c3ccccc3)nc3cc(-c4ccc(F)cc4)nn23)C1. The second-order valence-electron chi connectivity index (χ2n) is 8.21. The molecule has 0 spiro atoms. The standard InChI is InChI=1S/C26H25FN4O2/c1-2-33-26(32)20-9-6-14-30(17-20)25-16-22(18-7-4-3-5-8-18)28-24-15-23(29-31(24)25)19-10-12-21(27)13-11-19/h3-5,7-8,10-13,15-16,20H,2,6,9,14,17H2,1H3/t20-/m0/s1. The van der Waals surface area contributed by atoms with E-state index in [4.69, 9.17) is 14.8 Å². The van der Waals surface area contributed by atoms with Crippen LogP contribution >= 0.6 is 0 Å². The molecule has 5 rings (SSSR count). The third-order valence-corrected chi connectivity index (χ3v) is 5.98. The number of anilines is 1. The fraction of sp³-hybridized carbons (Fsp3) is 0.269. The molecule has 1 fully saturated rings. The van der Waals surface area contributed by atoms with E-state index in [1.807, 2.05) is 53.9 Å². The zero-order valence-electron chi connectivity index (χ0n) is 18.4. The molecule has 33 heavy (non-hydrogen) atoms. The summed E-state index contributed by atoms with van der Waals surface area (Å²) in [6.45, 7) is 3.60. The number of hydrogen-bond acceptors (Lipinski definition) is 5. The summed E-state index contributed by atoms with van der Waals surface area (Å²) in [6, 6.07) is 20.2. The van der Waals surface area contributed by atoms with E-state index in [0.717, 1.165) is 42.0 Å². The normalized spacial score (nSPS) is 16.2. The predicted octanol–water partition coefficient (Wildman–Crippen LogP) is 4.98. The number of rotatable bonds is 5. The van der Waals surface area contributed by atoms with Crippen LogP contribution in [0.15, 0.2) is 66.7 Å². The molecule has 4 aromatic rings. The Morgan fingerprint density at radius 2 is 1.82 bits per heavy atom. The maximum atomic E-state index is 13.4. The highest BCUT2D eigenvalue weighted by molar-refractivity contribution is 5.75. The van der Waals surface area contributed by atoms with Crippen molar-refractivity contribution in [2.75, 3.05) is 24.6 Å². The van der Waals surface area contributed by atoms with Crippen LogP contribution in [-0.4, -0.2) is 40.3 Å². The van der Waals surface area contributed by atoms with Gasteiger partial charge in [0, 0.05) is 36.3 Å². The van der Waals surface area contributed by atoms with Crippen molar-refractivity contribution in [1.29, 1.82) is 0 Å². The van der Waals surface area contributed by atoms with Gasteiger partial charge >= 0.3 is 5.97 Å². The molecule has 1 aliphatic rings. The third-order valence-electron chi connectivity index (χ3n) is 5.98. The smallest absolute Gasteiger partial charge is 0.310 e. The van der Waals surface area contributed by atoms with E-state index in [9.17, 15) is 9.18 Å². The first-order chi connectivity index (χ1) is 16.1. The number of hydrogen-bond donors (Lipinski definition) is 0. The molecule has 6 nitrogen and oxygen atoms in total. The number of fused-ring (bicyclic) bond motifs is 1. The van der Waals surface area contributed by atoms with Crippen molar-refractivity contribution in [3.8, 4) is 22.5 Å². The number of carbonyl (C=O) groups is 1.